The number of thiophene rings is 1. The molecule has 10 heteroatoms. The maximum Gasteiger partial charge on any atom is 0.433 e. The van der Waals surface area contributed by atoms with Crippen molar-refractivity contribution in [3.8, 4) is 0 Å². The molecule has 0 aliphatic carbocycles. The van der Waals surface area contributed by atoms with Crippen molar-refractivity contribution < 1.29 is 22.8 Å². The van der Waals surface area contributed by atoms with Gasteiger partial charge in [0.1, 0.15) is 5.69 Å². The molecule has 116 valence electrons. The molecule has 0 bridgehead atoms. The van der Waals surface area contributed by atoms with Gasteiger partial charge < -0.3 is 0 Å². The molecule has 0 fully saturated rings. The molecule has 2 aromatic rings. The van der Waals surface area contributed by atoms with Gasteiger partial charge in [0, 0.05) is 5.69 Å². The highest BCUT2D eigenvalue weighted by molar-refractivity contribution is 7.12. The van der Waals surface area contributed by atoms with Crippen LogP contribution in [0.3, 0.4) is 0 Å². The summed E-state index contributed by atoms with van der Waals surface area (Å²) in [4.78, 5) is 30.4. The molecule has 0 aliphatic rings. The van der Waals surface area contributed by atoms with Crippen molar-refractivity contribution in [1.29, 1.82) is 0 Å². The topological polar surface area (TPSA) is 84.0 Å². The molecule has 6 nitrogen and oxygen atoms in total. The van der Waals surface area contributed by atoms with Gasteiger partial charge in [-0.05, 0) is 24.4 Å². The van der Waals surface area contributed by atoms with Gasteiger partial charge >= 0.3 is 12.2 Å². The fourth-order valence-corrected chi connectivity index (χ4v) is 2.09. The number of rotatable bonds is 2. The Hall–Kier alpha value is -2.49. The lowest BCUT2D eigenvalue weighted by Gasteiger charge is -2.09. The van der Waals surface area contributed by atoms with Gasteiger partial charge in [-0.1, -0.05) is 6.07 Å². The molecule has 0 spiro atoms. The van der Waals surface area contributed by atoms with E-state index < -0.39 is 29.8 Å². The molecule has 2 rings (SSSR count). The average molecular weight is 330 g/mol. The number of anilines is 1. The number of urea groups is 1. The van der Waals surface area contributed by atoms with Crippen LogP contribution in [0.15, 0.2) is 23.6 Å². The number of aromatic nitrogens is 2. The molecule has 0 aromatic carbocycles. The van der Waals surface area contributed by atoms with Crippen LogP contribution in [-0.2, 0) is 6.18 Å². The van der Waals surface area contributed by atoms with E-state index in [-0.39, 0.29) is 10.6 Å². The highest BCUT2D eigenvalue weighted by Crippen LogP contribution is 2.28. The van der Waals surface area contributed by atoms with Gasteiger partial charge in [-0.25, -0.2) is 14.8 Å². The summed E-state index contributed by atoms with van der Waals surface area (Å²) in [6.07, 6.45) is -4.66. The molecule has 0 atom stereocenters. The van der Waals surface area contributed by atoms with Crippen molar-refractivity contribution in [2.75, 3.05) is 5.32 Å². The molecule has 2 N–H and O–H groups in total. The highest BCUT2D eigenvalue weighted by Gasteiger charge is 2.33. The van der Waals surface area contributed by atoms with E-state index in [0.717, 1.165) is 17.4 Å². The third-order valence-corrected chi connectivity index (χ3v) is 3.21. The Morgan fingerprint density at radius 1 is 1.27 bits per heavy atom. The number of aryl methyl sites for hydroxylation is 1. The fraction of sp³-hybridized carbons (Fsp3) is 0.167. The fourth-order valence-electron chi connectivity index (χ4n) is 1.47. The lowest BCUT2D eigenvalue weighted by Crippen LogP contribution is -2.34. The number of hydrogen-bond acceptors (Lipinski definition) is 5. The smallest absolute Gasteiger partial charge is 0.276 e. The Labute approximate surface area is 126 Å². The van der Waals surface area contributed by atoms with E-state index in [1.165, 1.54) is 13.0 Å². The quantitative estimate of drug-likeness (QED) is 0.887. The van der Waals surface area contributed by atoms with Gasteiger partial charge in [-0.3, -0.25) is 15.4 Å². The molecule has 0 saturated heterocycles. The van der Waals surface area contributed by atoms with Crippen LogP contribution in [0.5, 0.6) is 0 Å². The predicted molar refractivity (Wildman–Crippen MR) is 72.6 cm³/mol. The SMILES string of the molecule is Cc1cc(C(F)(F)F)nc(NC(=O)NC(=O)c2cccs2)n1. The van der Waals surface area contributed by atoms with Crippen LogP contribution >= 0.6 is 11.3 Å². The number of imide groups is 1. The summed E-state index contributed by atoms with van der Waals surface area (Å²) in [5.41, 5.74) is -1.15. The summed E-state index contributed by atoms with van der Waals surface area (Å²) in [7, 11) is 0. The van der Waals surface area contributed by atoms with Crippen LogP contribution in [0.25, 0.3) is 0 Å². The first-order chi connectivity index (χ1) is 10.3. The van der Waals surface area contributed by atoms with Crippen molar-refractivity contribution >= 4 is 29.2 Å². The first-order valence-corrected chi connectivity index (χ1v) is 6.72. The summed E-state index contributed by atoms with van der Waals surface area (Å²) >= 11 is 1.12. The number of amides is 3. The Balaban J connectivity index is 2.09. The second-order valence-corrected chi connectivity index (χ2v) is 5.05. The normalized spacial score (nSPS) is 11.1. The van der Waals surface area contributed by atoms with Gasteiger partial charge in [-0.15, -0.1) is 11.3 Å². The third kappa shape index (κ3) is 4.01. The zero-order chi connectivity index (χ0) is 16.3. The Morgan fingerprint density at radius 2 is 2.00 bits per heavy atom. The Bertz CT molecular complexity index is 701. The molecular formula is C12H9F3N4O2S. The van der Waals surface area contributed by atoms with Crippen molar-refractivity contribution in [2.45, 2.75) is 13.1 Å². The second-order valence-electron chi connectivity index (χ2n) is 4.10. The first-order valence-electron chi connectivity index (χ1n) is 5.84. The number of nitrogens with zero attached hydrogens (tertiary/aromatic N) is 2. The van der Waals surface area contributed by atoms with E-state index in [1.807, 2.05) is 10.6 Å². The van der Waals surface area contributed by atoms with E-state index in [4.69, 9.17) is 0 Å². The summed E-state index contributed by atoms with van der Waals surface area (Å²) in [6.45, 7) is 1.33. The van der Waals surface area contributed by atoms with Crippen molar-refractivity contribution in [2.24, 2.45) is 0 Å². The standard InChI is InChI=1S/C12H9F3N4O2S/c1-6-5-8(12(13,14)15)17-10(16-6)19-11(21)18-9(20)7-3-2-4-22-7/h2-5H,1H3,(H2,16,17,18,19,20,21). The monoisotopic (exact) mass is 330 g/mol. The highest BCUT2D eigenvalue weighted by atomic mass is 32.1. The van der Waals surface area contributed by atoms with Gasteiger partial charge in [0.15, 0.2) is 0 Å². The van der Waals surface area contributed by atoms with E-state index in [1.54, 1.807) is 11.4 Å². The van der Waals surface area contributed by atoms with Crippen molar-refractivity contribution in [1.82, 2.24) is 15.3 Å². The van der Waals surface area contributed by atoms with Gasteiger partial charge in [0.25, 0.3) is 5.91 Å². The minimum Gasteiger partial charge on any atom is -0.276 e. The Morgan fingerprint density at radius 3 is 2.59 bits per heavy atom. The van der Waals surface area contributed by atoms with E-state index in [2.05, 4.69) is 9.97 Å². The number of nitrogens with one attached hydrogen (secondary N) is 2. The molecule has 0 unspecified atom stereocenters. The zero-order valence-electron chi connectivity index (χ0n) is 11.1. The molecule has 0 aliphatic heterocycles. The maximum absolute atomic E-state index is 12.6. The summed E-state index contributed by atoms with van der Waals surface area (Å²) in [6, 6.07) is 2.85. The number of halogens is 3. The number of carbonyl (C=O) groups is 2. The molecule has 22 heavy (non-hydrogen) atoms. The average Bonchev–Trinajstić information content (AvgIpc) is 2.90. The van der Waals surface area contributed by atoms with Crippen molar-refractivity contribution in [3.63, 3.8) is 0 Å². The third-order valence-electron chi connectivity index (χ3n) is 2.34. The van der Waals surface area contributed by atoms with Crippen LogP contribution in [-0.4, -0.2) is 21.9 Å². The number of hydrogen-bond donors (Lipinski definition) is 2. The van der Waals surface area contributed by atoms with Gasteiger partial charge in [-0.2, -0.15) is 13.2 Å². The number of alkyl halides is 3. The van der Waals surface area contributed by atoms with Crippen LogP contribution in [0.2, 0.25) is 0 Å². The zero-order valence-corrected chi connectivity index (χ0v) is 11.9. The summed E-state index contributed by atoms with van der Waals surface area (Å²) < 4.78 is 37.8. The molecular weight excluding hydrogens is 321 g/mol. The summed E-state index contributed by atoms with van der Waals surface area (Å²) in [5.74, 6) is -1.21. The summed E-state index contributed by atoms with van der Waals surface area (Å²) in [5, 5.41) is 5.61. The molecule has 2 heterocycles. The molecule has 2 aromatic heterocycles. The van der Waals surface area contributed by atoms with Crippen LogP contribution in [0.4, 0.5) is 23.9 Å². The minimum absolute atomic E-state index is 0.0298. The second kappa shape index (κ2) is 6.10. The Kier molecular flexibility index (Phi) is 4.40. The largest absolute Gasteiger partial charge is 0.433 e. The van der Waals surface area contributed by atoms with Crippen LogP contribution in [0, 0.1) is 6.92 Å². The predicted octanol–water partition coefficient (Wildman–Crippen LogP) is 2.83. The first kappa shape index (κ1) is 15.9. The van der Waals surface area contributed by atoms with Crippen LogP contribution < -0.4 is 10.6 Å². The van der Waals surface area contributed by atoms with E-state index >= 15 is 0 Å². The molecule has 0 saturated carbocycles. The van der Waals surface area contributed by atoms with Crippen LogP contribution in [0.1, 0.15) is 21.1 Å². The molecule has 0 radical (unpaired) electrons. The van der Waals surface area contributed by atoms with E-state index in [9.17, 15) is 22.8 Å². The van der Waals surface area contributed by atoms with Gasteiger partial charge in [0.2, 0.25) is 5.95 Å². The lowest BCUT2D eigenvalue weighted by molar-refractivity contribution is -0.141. The number of carbonyl (C=O) groups excluding carboxylic acids is 2. The minimum atomic E-state index is -4.66. The lowest BCUT2D eigenvalue weighted by atomic mass is 10.3. The van der Waals surface area contributed by atoms with Gasteiger partial charge in [0.05, 0.1) is 4.88 Å². The maximum atomic E-state index is 12.6. The molecule has 3 amide bonds. The van der Waals surface area contributed by atoms with E-state index in [0.29, 0.717) is 0 Å². The van der Waals surface area contributed by atoms with Crippen molar-refractivity contribution in [3.05, 3.63) is 39.8 Å².